The van der Waals surface area contributed by atoms with Gasteiger partial charge in [-0.2, -0.15) is 10.2 Å². The molecule has 0 aliphatic carbocycles. The Morgan fingerprint density at radius 1 is 1.17 bits per heavy atom. The number of hydrogen-bond acceptors (Lipinski definition) is 7. The highest BCUT2D eigenvalue weighted by atomic mass is 32.2. The van der Waals surface area contributed by atoms with Gasteiger partial charge in [0.2, 0.25) is 5.95 Å². The van der Waals surface area contributed by atoms with Crippen LogP contribution in [-0.2, 0) is 0 Å². The molecule has 24 heavy (non-hydrogen) atoms. The van der Waals surface area contributed by atoms with Crippen LogP contribution in [0.5, 0.6) is 0 Å². The highest BCUT2D eigenvalue weighted by Crippen LogP contribution is 2.28. The Labute approximate surface area is 144 Å². The van der Waals surface area contributed by atoms with Crippen molar-refractivity contribution in [3.05, 3.63) is 35.6 Å². The van der Waals surface area contributed by atoms with Gasteiger partial charge in [0, 0.05) is 26.2 Å². The van der Waals surface area contributed by atoms with Gasteiger partial charge in [-0.05, 0) is 18.4 Å². The van der Waals surface area contributed by atoms with Gasteiger partial charge in [0.25, 0.3) is 0 Å². The number of nitrogens with zero attached hydrogens (tertiary/aromatic N) is 5. The van der Waals surface area contributed by atoms with Crippen molar-refractivity contribution in [1.82, 2.24) is 9.97 Å². The van der Waals surface area contributed by atoms with Crippen LogP contribution in [-0.4, -0.2) is 42.4 Å². The van der Waals surface area contributed by atoms with Gasteiger partial charge in [-0.25, -0.2) is 9.37 Å². The van der Waals surface area contributed by atoms with E-state index in [1.807, 2.05) is 22.1 Å². The Morgan fingerprint density at radius 3 is 2.46 bits per heavy atom. The van der Waals surface area contributed by atoms with Gasteiger partial charge in [0.05, 0.1) is 5.69 Å². The summed E-state index contributed by atoms with van der Waals surface area (Å²) < 4.78 is 13.9. The fraction of sp³-hybridized carbons (Fsp3) is 0.312. The summed E-state index contributed by atoms with van der Waals surface area (Å²) in [5.74, 6) is 0.493. The summed E-state index contributed by atoms with van der Waals surface area (Å²) in [4.78, 5) is 12.4. The molecule has 0 amide bonds. The van der Waals surface area contributed by atoms with Crippen LogP contribution in [0.4, 0.5) is 21.8 Å². The molecule has 0 atom stereocenters. The normalized spacial score (nSPS) is 14.5. The van der Waals surface area contributed by atoms with E-state index in [1.54, 1.807) is 12.1 Å². The molecule has 2 aromatic rings. The van der Waals surface area contributed by atoms with Crippen molar-refractivity contribution in [3.8, 4) is 6.07 Å². The van der Waals surface area contributed by atoms with Crippen molar-refractivity contribution in [2.75, 3.05) is 48.0 Å². The molecular weight excluding hydrogens is 327 g/mol. The van der Waals surface area contributed by atoms with Crippen molar-refractivity contribution in [2.45, 2.75) is 5.03 Å². The third kappa shape index (κ3) is 3.08. The van der Waals surface area contributed by atoms with E-state index in [0.29, 0.717) is 48.3 Å². The van der Waals surface area contributed by atoms with Crippen LogP contribution in [0.1, 0.15) is 5.56 Å². The maximum absolute atomic E-state index is 13.9. The molecule has 1 saturated heterocycles. The Hall–Kier alpha value is -2.53. The van der Waals surface area contributed by atoms with E-state index >= 15 is 0 Å². The number of benzene rings is 1. The fourth-order valence-electron chi connectivity index (χ4n) is 2.79. The number of nitriles is 1. The molecule has 1 aliphatic rings. The molecule has 1 aromatic carbocycles. The maximum Gasteiger partial charge on any atom is 0.223 e. The van der Waals surface area contributed by atoms with Gasteiger partial charge in [-0.1, -0.05) is 12.1 Å². The Morgan fingerprint density at radius 2 is 1.83 bits per heavy atom. The first-order chi connectivity index (χ1) is 11.6. The van der Waals surface area contributed by atoms with Crippen LogP contribution in [0, 0.1) is 17.1 Å². The van der Waals surface area contributed by atoms with Gasteiger partial charge in [0.15, 0.2) is 5.82 Å². The summed E-state index contributed by atoms with van der Waals surface area (Å²) in [6.45, 7) is 2.55. The molecule has 0 saturated carbocycles. The van der Waals surface area contributed by atoms with Crippen LogP contribution in [0.15, 0.2) is 29.3 Å². The van der Waals surface area contributed by atoms with E-state index in [2.05, 4.69) is 16.0 Å². The average molecular weight is 344 g/mol. The molecule has 3 rings (SSSR count). The third-order valence-corrected chi connectivity index (χ3v) is 4.63. The summed E-state index contributed by atoms with van der Waals surface area (Å²) in [7, 11) is 0. The van der Waals surface area contributed by atoms with Crippen LogP contribution in [0.3, 0.4) is 0 Å². The minimum atomic E-state index is -0.223. The molecule has 8 heteroatoms. The molecule has 2 heterocycles. The number of para-hydroxylation sites is 1. The van der Waals surface area contributed by atoms with Crippen molar-refractivity contribution in [3.63, 3.8) is 0 Å². The monoisotopic (exact) mass is 344 g/mol. The maximum atomic E-state index is 13.9. The number of rotatable bonds is 3. The van der Waals surface area contributed by atoms with Crippen LogP contribution < -0.4 is 15.5 Å². The second-order valence-corrected chi connectivity index (χ2v) is 6.12. The van der Waals surface area contributed by atoms with Gasteiger partial charge < -0.3 is 15.5 Å². The topological polar surface area (TPSA) is 82.1 Å². The zero-order chi connectivity index (χ0) is 17.1. The Balaban J connectivity index is 1.82. The molecule has 0 spiro atoms. The second kappa shape index (κ2) is 6.93. The molecule has 1 fully saturated rings. The van der Waals surface area contributed by atoms with Crippen molar-refractivity contribution in [2.24, 2.45) is 0 Å². The molecule has 124 valence electrons. The number of halogens is 1. The van der Waals surface area contributed by atoms with Gasteiger partial charge >= 0.3 is 0 Å². The second-order valence-electron chi connectivity index (χ2n) is 5.33. The number of thioether (sulfide) groups is 1. The lowest BCUT2D eigenvalue weighted by molar-refractivity contribution is 0.595. The number of piperazine rings is 1. The first-order valence-electron chi connectivity index (χ1n) is 7.50. The highest BCUT2D eigenvalue weighted by molar-refractivity contribution is 7.98. The molecular formula is C16H17FN6S. The predicted octanol–water partition coefficient (Wildman–Crippen LogP) is 2.12. The largest absolute Gasteiger partial charge is 0.368 e. The molecule has 6 nitrogen and oxygen atoms in total. The van der Waals surface area contributed by atoms with Gasteiger partial charge in [0.1, 0.15) is 22.5 Å². The lowest BCUT2D eigenvalue weighted by atomic mass is 10.2. The minimum Gasteiger partial charge on any atom is -0.368 e. The van der Waals surface area contributed by atoms with Crippen LogP contribution in [0.2, 0.25) is 0 Å². The van der Waals surface area contributed by atoms with Crippen molar-refractivity contribution in [1.29, 1.82) is 5.26 Å². The lowest BCUT2D eigenvalue weighted by Crippen LogP contribution is -2.47. The molecule has 0 bridgehead atoms. The predicted molar refractivity (Wildman–Crippen MR) is 93.8 cm³/mol. The summed E-state index contributed by atoms with van der Waals surface area (Å²) in [6, 6.07) is 8.93. The number of aromatic nitrogens is 2. The van der Waals surface area contributed by atoms with Crippen LogP contribution in [0.25, 0.3) is 0 Å². The van der Waals surface area contributed by atoms with E-state index < -0.39 is 0 Å². The van der Waals surface area contributed by atoms with E-state index in [9.17, 15) is 9.65 Å². The van der Waals surface area contributed by atoms with E-state index in [4.69, 9.17) is 5.73 Å². The Bertz CT molecular complexity index is 783. The highest BCUT2D eigenvalue weighted by Gasteiger charge is 2.24. The summed E-state index contributed by atoms with van der Waals surface area (Å²) in [5.41, 5.74) is 6.81. The van der Waals surface area contributed by atoms with Crippen molar-refractivity contribution >= 4 is 29.2 Å². The molecule has 0 unspecified atom stereocenters. The first-order valence-corrected chi connectivity index (χ1v) is 8.72. The van der Waals surface area contributed by atoms with Gasteiger partial charge in [-0.3, -0.25) is 0 Å². The Kier molecular flexibility index (Phi) is 4.71. The van der Waals surface area contributed by atoms with E-state index in [1.165, 1.54) is 17.8 Å². The SMILES string of the molecule is CSc1nc(N)nc(N2CCN(c3ccccc3F)CC2)c1C#N. The molecule has 2 N–H and O–H groups in total. The quantitative estimate of drug-likeness (QED) is 0.674. The standard InChI is InChI=1S/C16H17FN6S/c1-24-15-11(10-18)14(20-16(19)21-15)23-8-6-22(7-9-23)13-5-3-2-4-12(13)17/h2-5H,6-9H2,1H3,(H2,19,20,21). The third-order valence-electron chi connectivity index (χ3n) is 3.95. The van der Waals surface area contributed by atoms with E-state index in [-0.39, 0.29) is 11.8 Å². The summed E-state index contributed by atoms with van der Waals surface area (Å²) >= 11 is 1.37. The van der Waals surface area contributed by atoms with Crippen molar-refractivity contribution < 1.29 is 4.39 Å². The minimum absolute atomic E-state index is 0.157. The van der Waals surface area contributed by atoms with Crippen LogP contribution >= 0.6 is 11.8 Å². The molecule has 1 aliphatic heterocycles. The fourth-order valence-corrected chi connectivity index (χ4v) is 3.31. The number of hydrogen-bond donors (Lipinski definition) is 1. The first kappa shape index (κ1) is 16.3. The number of anilines is 3. The average Bonchev–Trinajstić information content (AvgIpc) is 2.61. The number of nitrogens with two attached hydrogens (primary N) is 1. The summed E-state index contributed by atoms with van der Waals surface area (Å²) in [5, 5.41) is 10.0. The zero-order valence-corrected chi connectivity index (χ0v) is 14.1. The zero-order valence-electron chi connectivity index (χ0n) is 13.2. The van der Waals surface area contributed by atoms with E-state index in [0.717, 1.165) is 0 Å². The summed E-state index contributed by atoms with van der Waals surface area (Å²) in [6.07, 6.45) is 1.85. The lowest BCUT2D eigenvalue weighted by Gasteiger charge is -2.37. The molecule has 1 aromatic heterocycles. The number of nitrogen functional groups attached to an aromatic ring is 1. The smallest absolute Gasteiger partial charge is 0.223 e. The van der Waals surface area contributed by atoms with Gasteiger partial charge in [-0.15, -0.1) is 11.8 Å². The molecule has 0 radical (unpaired) electrons.